The van der Waals surface area contributed by atoms with E-state index in [1.165, 1.54) is 0 Å². The lowest BCUT2D eigenvalue weighted by molar-refractivity contribution is -0.138. The molecule has 1 fully saturated rings. The predicted octanol–water partition coefficient (Wildman–Crippen LogP) is 0.600. The average molecular weight is 223 g/mol. The number of rotatable bonds is 4. The largest absolute Gasteiger partial charge is 0.461 e. The van der Waals surface area contributed by atoms with Gasteiger partial charge in [-0.05, 0) is 6.42 Å². The number of likely N-dealkylation sites (N-methyl/N-ethyl adjacent to an activating group) is 1. The molecule has 1 aliphatic rings. The van der Waals surface area contributed by atoms with Gasteiger partial charge in [0.15, 0.2) is 5.57 Å². The lowest BCUT2D eigenvalue weighted by Gasteiger charge is -2.13. The quantitative estimate of drug-likeness (QED) is 0.327. The molecule has 16 heavy (non-hydrogen) atoms. The zero-order valence-electron chi connectivity index (χ0n) is 9.75. The van der Waals surface area contributed by atoms with E-state index in [-0.39, 0.29) is 5.57 Å². The van der Waals surface area contributed by atoms with Crippen LogP contribution in [-0.4, -0.2) is 37.6 Å². The molecule has 1 heterocycles. The van der Waals surface area contributed by atoms with Crippen molar-refractivity contribution in [2.75, 3.05) is 26.7 Å². The van der Waals surface area contributed by atoms with Gasteiger partial charge in [0.05, 0.1) is 6.61 Å². The molecule has 0 radical (unpaired) electrons. The Morgan fingerprint density at radius 2 is 2.44 bits per heavy atom. The molecule has 1 saturated heterocycles. The second-order valence-electron chi connectivity index (χ2n) is 3.67. The third kappa shape index (κ3) is 2.89. The third-order valence-corrected chi connectivity index (χ3v) is 2.41. The Morgan fingerprint density at radius 3 is 2.94 bits per heavy atom. The standard InChI is InChI=1S/C11H17N3O2/c1-3-4-7-16-11(15)9(8-12)10-13-5-6-14(10)2/h13H,3-7H2,1-2H3/b10-9+. The van der Waals surface area contributed by atoms with E-state index in [2.05, 4.69) is 5.32 Å². The molecule has 5 nitrogen and oxygen atoms in total. The van der Waals surface area contributed by atoms with E-state index in [4.69, 9.17) is 10.00 Å². The van der Waals surface area contributed by atoms with Crippen LogP contribution in [0.1, 0.15) is 19.8 Å². The number of hydrogen-bond acceptors (Lipinski definition) is 5. The molecule has 1 N–H and O–H groups in total. The minimum atomic E-state index is -0.535. The number of hydrogen-bond donors (Lipinski definition) is 1. The summed E-state index contributed by atoms with van der Waals surface area (Å²) >= 11 is 0. The van der Waals surface area contributed by atoms with Gasteiger partial charge in [-0.2, -0.15) is 5.26 Å². The molecule has 0 saturated carbocycles. The molecule has 0 amide bonds. The maximum absolute atomic E-state index is 11.6. The topological polar surface area (TPSA) is 65.4 Å². The van der Waals surface area contributed by atoms with Crippen LogP contribution in [0.2, 0.25) is 0 Å². The molecule has 0 spiro atoms. The van der Waals surface area contributed by atoms with Crippen LogP contribution >= 0.6 is 0 Å². The fourth-order valence-corrected chi connectivity index (χ4v) is 1.44. The normalized spacial score (nSPS) is 17.7. The van der Waals surface area contributed by atoms with E-state index in [1.807, 2.05) is 24.9 Å². The highest BCUT2D eigenvalue weighted by Crippen LogP contribution is 2.11. The smallest absolute Gasteiger partial charge is 0.352 e. The summed E-state index contributed by atoms with van der Waals surface area (Å²) in [5.74, 6) is 0.0381. The summed E-state index contributed by atoms with van der Waals surface area (Å²) < 4.78 is 5.01. The maximum atomic E-state index is 11.6. The Labute approximate surface area is 95.7 Å². The molecule has 1 rings (SSSR count). The van der Waals surface area contributed by atoms with Crippen LogP contribution < -0.4 is 5.32 Å². The van der Waals surface area contributed by atoms with Crippen molar-refractivity contribution < 1.29 is 9.53 Å². The maximum Gasteiger partial charge on any atom is 0.352 e. The highest BCUT2D eigenvalue weighted by atomic mass is 16.5. The molecule has 0 aromatic rings. The van der Waals surface area contributed by atoms with E-state index in [1.54, 1.807) is 0 Å². The summed E-state index contributed by atoms with van der Waals surface area (Å²) in [6.45, 7) is 3.93. The van der Waals surface area contributed by atoms with Crippen LogP contribution in [0, 0.1) is 11.3 Å². The first-order valence-electron chi connectivity index (χ1n) is 5.47. The molecular weight excluding hydrogens is 206 g/mol. The van der Waals surface area contributed by atoms with Crippen molar-refractivity contribution >= 4 is 5.97 Å². The first kappa shape index (κ1) is 12.4. The predicted molar refractivity (Wildman–Crippen MR) is 59.1 cm³/mol. The monoisotopic (exact) mass is 223 g/mol. The van der Waals surface area contributed by atoms with Crippen LogP contribution in [-0.2, 0) is 9.53 Å². The molecular formula is C11H17N3O2. The van der Waals surface area contributed by atoms with Crippen LogP contribution in [0.3, 0.4) is 0 Å². The van der Waals surface area contributed by atoms with Crippen molar-refractivity contribution in [3.8, 4) is 6.07 Å². The van der Waals surface area contributed by atoms with Gasteiger partial charge in [-0.25, -0.2) is 4.79 Å². The van der Waals surface area contributed by atoms with Crippen LogP contribution in [0.25, 0.3) is 0 Å². The van der Waals surface area contributed by atoms with Crippen LogP contribution in [0.5, 0.6) is 0 Å². The first-order valence-corrected chi connectivity index (χ1v) is 5.47. The summed E-state index contributed by atoms with van der Waals surface area (Å²) in [6.07, 6.45) is 1.78. The average Bonchev–Trinajstić information content (AvgIpc) is 2.67. The van der Waals surface area contributed by atoms with Crippen LogP contribution in [0.4, 0.5) is 0 Å². The molecule has 88 valence electrons. The number of carbonyl (C=O) groups is 1. The number of ether oxygens (including phenoxy) is 1. The molecule has 0 unspecified atom stereocenters. The summed E-state index contributed by atoms with van der Waals surface area (Å²) in [5, 5.41) is 12.0. The van der Waals surface area contributed by atoms with Gasteiger partial charge in [0.25, 0.3) is 0 Å². The Balaban J connectivity index is 2.67. The van der Waals surface area contributed by atoms with E-state index >= 15 is 0 Å². The van der Waals surface area contributed by atoms with E-state index < -0.39 is 5.97 Å². The highest BCUT2D eigenvalue weighted by Gasteiger charge is 2.22. The fraction of sp³-hybridized carbons (Fsp3) is 0.636. The Morgan fingerprint density at radius 1 is 1.69 bits per heavy atom. The SMILES string of the molecule is CCCCOC(=O)/C(C#N)=C1\NCCN1C. The third-order valence-electron chi connectivity index (χ3n) is 2.41. The van der Waals surface area contributed by atoms with E-state index in [0.29, 0.717) is 12.4 Å². The number of nitriles is 1. The minimum Gasteiger partial charge on any atom is -0.461 e. The Bertz CT molecular complexity index is 331. The van der Waals surface area contributed by atoms with Gasteiger partial charge < -0.3 is 15.0 Å². The van der Waals surface area contributed by atoms with Gasteiger partial charge >= 0.3 is 5.97 Å². The molecule has 0 atom stereocenters. The molecule has 0 bridgehead atoms. The number of carbonyl (C=O) groups excluding carboxylic acids is 1. The molecule has 5 heteroatoms. The molecule has 0 aliphatic carbocycles. The van der Waals surface area contributed by atoms with Gasteiger partial charge in [0.2, 0.25) is 0 Å². The van der Waals surface area contributed by atoms with Gasteiger partial charge in [-0.15, -0.1) is 0 Å². The highest BCUT2D eigenvalue weighted by molar-refractivity contribution is 5.93. The zero-order chi connectivity index (χ0) is 12.0. The number of nitrogens with zero attached hydrogens (tertiary/aromatic N) is 2. The summed E-state index contributed by atoms with van der Waals surface area (Å²) in [7, 11) is 1.84. The minimum absolute atomic E-state index is 0.0658. The van der Waals surface area contributed by atoms with Crippen LogP contribution in [0.15, 0.2) is 11.4 Å². The second kappa shape index (κ2) is 6.01. The Kier molecular flexibility index (Phi) is 4.65. The lowest BCUT2D eigenvalue weighted by Crippen LogP contribution is -2.21. The van der Waals surface area contributed by atoms with Crippen molar-refractivity contribution in [1.82, 2.24) is 10.2 Å². The van der Waals surface area contributed by atoms with E-state index in [9.17, 15) is 4.79 Å². The molecule has 1 aliphatic heterocycles. The number of esters is 1. The first-order chi connectivity index (χ1) is 7.70. The lowest BCUT2D eigenvalue weighted by atomic mass is 10.3. The van der Waals surface area contributed by atoms with Crippen molar-refractivity contribution in [2.24, 2.45) is 0 Å². The zero-order valence-corrected chi connectivity index (χ0v) is 9.75. The fourth-order valence-electron chi connectivity index (χ4n) is 1.44. The van der Waals surface area contributed by atoms with Crippen molar-refractivity contribution in [3.63, 3.8) is 0 Å². The Hall–Kier alpha value is -1.70. The summed E-state index contributed by atoms with van der Waals surface area (Å²) in [4.78, 5) is 13.5. The second-order valence-corrected chi connectivity index (χ2v) is 3.67. The van der Waals surface area contributed by atoms with Gasteiger partial charge in [-0.3, -0.25) is 0 Å². The summed E-state index contributed by atoms with van der Waals surface area (Å²) in [6, 6.07) is 1.90. The van der Waals surface area contributed by atoms with Crippen molar-refractivity contribution in [2.45, 2.75) is 19.8 Å². The number of nitrogens with one attached hydrogen (secondary N) is 1. The van der Waals surface area contributed by atoms with Gasteiger partial charge in [-0.1, -0.05) is 13.3 Å². The van der Waals surface area contributed by atoms with Crippen molar-refractivity contribution in [3.05, 3.63) is 11.4 Å². The van der Waals surface area contributed by atoms with Gasteiger partial charge in [0, 0.05) is 20.1 Å². The molecule has 0 aromatic heterocycles. The summed E-state index contributed by atoms with van der Waals surface area (Å²) in [5.41, 5.74) is 0.0658. The van der Waals surface area contributed by atoms with E-state index in [0.717, 1.165) is 25.9 Å². The number of unbranched alkanes of at least 4 members (excludes halogenated alkanes) is 1. The molecule has 0 aromatic carbocycles. The van der Waals surface area contributed by atoms with Gasteiger partial charge in [0.1, 0.15) is 11.9 Å². The van der Waals surface area contributed by atoms with Crippen molar-refractivity contribution in [1.29, 1.82) is 5.26 Å².